The first-order valence-corrected chi connectivity index (χ1v) is 8.84. The van der Waals surface area contributed by atoms with Gasteiger partial charge in [0.15, 0.2) is 0 Å². The van der Waals surface area contributed by atoms with E-state index in [2.05, 4.69) is 44.3 Å². The summed E-state index contributed by atoms with van der Waals surface area (Å²) in [6.07, 6.45) is 3.62. The predicted molar refractivity (Wildman–Crippen MR) is 91.9 cm³/mol. The highest BCUT2D eigenvalue weighted by Crippen LogP contribution is 2.20. The van der Waals surface area contributed by atoms with Crippen molar-refractivity contribution in [1.29, 1.82) is 0 Å². The van der Waals surface area contributed by atoms with Crippen LogP contribution >= 0.6 is 15.9 Å². The van der Waals surface area contributed by atoms with Crippen LogP contribution in [0.5, 0.6) is 0 Å². The Balaban J connectivity index is 1.80. The van der Waals surface area contributed by atoms with E-state index in [-0.39, 0.29) is 0 Å². The molecule has 1 unspecified atom stereocenters. The molecule has 0 spiro atoms. The highest BCUT2D eigenvalue weighted by atomic mass is 79.9. The van der Waals surface area contributed by atoms with Gasteiger partial charge in [-0.15, -0.1) is 0 Å². The Morgan fingerprint density at radius 3 is 2.68 bits per heavy atom. The van der Waals surface area contributed by atoms with E-state index < -0.39 is 12.0 Å². The Bertz CT molecular complexity index is 487. The van der Waals surface area contributed by atoms with Crippen LogP contribution in [0.25, 0.3) is 0 Å². The molecule has 1 fully saturated rings. The van der Waals surface area contributed by atoms with Crippen LogP contribution in [-0.4, -0.2) is 41.1 Å². The van der Waals surface area contributed by atoms with Crippen LogP contribution in [0.1, 0.15) is 38.2 Å². The van der Waals surface area contributed by atoms with E-state index in [9.17, 15) is 9.90 Å². The number of rotatable bonds is 7. The van der Waals surface area contributed by atoms with Crippen LogP contribution in [-0.2, 0) is 11.3 Å². The Morgan fingerprint density at radius 1 is 1.41 bits per heavy atom. The van der Waals surface area contributed by atoms with Crippen molar-refractivity contribution >= 4 is 21.9 Å². The molecule has 1 aliphatic heterocycles. The van der Waals surface area contributed by atoms with Crippen molar-refractivity contribution in [3.05, 3.63) is 34.3 Å². The van der Waals surface area contributed by atoms with Crippen LogP contribution in [0.2, 0.25) is 0 Å². The lowest BCUT2D eigenvalue weighted by atomic mass is 10.0. The second-order valence-electron chi connectivity index (χ2n) is 5.99. The summed E-state index contributed by atoms with van der Waals surface area (Å²) in [6.45, 7) is 5.00. The normalized spacial score (nSPS) is 18.3. The third-order valence-electron chi connectivity index (χ3n) is 4.25. The number of hydrogen-bond donors (Lipinski definition) is 2. The molecule has 22 heavy (non-hydrogen) atoms. The van der Waals surface area contributed by atoms with Crippen LogP contribution in [0, 0.1) is 0 Å². The van der Waals surface area contributed by atoms with E-state index in [1.165, 1.54) is 5.56 Å². The number of carbonyl (C=O) groups is 1. The quantitative estimate of drug-likeness (QED) is 0.775. The first kappa shape index (κ1) is 17.4. The van der Waals surface area contributed by atoms with Gasteiger partial charge in [0.1, 0.15) is 6.04 Å². The molecule has 2 N–H and O–H groups in total. The molecule has 1 aliphatic rings. The number of nitrogens with zero attached hydrogens (tertiary/aromatic N) is 1. The number of aliphatic carboxylic acids is 1. The van der Waals surface area contributed by atoms with Gasteiger partial charge in [-0.05, 0) is 44.0 Å². The molecule has 0 aliphatic carbocycles. The van der Waals surface area contributed by atoms with Crippen LogP contribution in [0.15, 0.2) is 28.7 Å². The van der Waals surface area contributed by atoms with Gasteiger partial charge in [-0.3, -0.25) is 9.69 Å². The van der Waals surface area contributed by atoms with Gasteiger partial charge in [-0.25, -0.2) is 0 Å². The number of hydrogen-bond acceptors (Lipinski definition) is 3. The van der Waals surface area contributed by atoms with E-state index in [4.69, 9.17) is 0 Å². The van der Waals surface area contributed by atoms with Gasteiger partial charge in [0, 0.05) is 17.1 Å². The molecule has 122 valence electrons. The number of carboxylic acid groups (broad SMARTS) is 1. The van der Waals surface area contributed by atoms with Crippen molar-refractivity contribution in [3.8, 4) is 0 Å². The standard InChI is InChI=1S/C17H25BrN2O2/c1-2-5-16(17(21)22)19-14-8-10-20(11-9-14)12-13-6-3-4-7-15(13)18/h3-4,6-7,14,16,19H,2,5,8-12H2,1H3,(H,21,22). The summed E-state index contributed by atoms with van der Waals surface area (Å²) in [7, 11) is 0. The Labute approximate surface area is 141 Å². The van der Waals surface area contributed by atoms with Gasteiger partial charge in [0.25, 0.3) is 0 Å². The van der Waals surface area contributed by atoms with E-state index in [0.717, 1.165) is 43.4 Å². The van der Waals surface area contributed by atoms with Gasteiger partial charge >= 0.3 is 5.97 Å². The maximum atomic E-state index is 11.2. The highest BCUT2D eigenvalue weighted by Gasteiger charge is 2.24. The Kier molecular flexibility index (Phi) is 6.86. The van der Waals surface area contributed by atoms with Gasteiger partial charge in [-0.2, -0.15) is 0 Å². The number of benzene rings is 1. The Hall–Kier alpha value is -0.910. The molecule has 2 rings (SSSR count). The number of nitrogens with one attached hydrogen (secondary N) is 1. The summed E-state index contributed by atoms with van der Waals surface area (Å²) in [6, 6.07) is 8.25. The number of likely N-dealkylation sites (tertiary alicyclic amines) is 1. The van der Waals surface area contributed by atoms with Crippen LogP contribution in [0.3, 0.4) is 0 Å². The lowest BCUT2D eigenvalue weighted by Crippen LogP contribution is -2.48. The summed E-state index contributed by atoms with van der Waals surface area (Å²) < 4.78 is 1.16. The minimum absolute atomic E-state index is 0.322. The zero-order valence-corrected chi connectivity index (χ0v) is 14.7. The smallest absolute Gasteiger partial charge is 0.320 e. The maximum Gasteiger partial charge on any atom is 0.320 e. The molecule has 5 heteroatoms. The molecule has 0 bridgehead atoms. The molecule has 0 aromatic heterocycles. The molecular formula is C17H25BrN2O2. The van der Waals surface area contributed by atoms with E-state index in [1.54, 1.807) is 0 Å². The zero-order valence-electron chi connectivity index (χ0n) is 13.1. The summed E-state index contributed by atoms with van der Waals surface area (Å²) in [4.78, 5) is 13.7. The molecule has 1 atom stereocenters. The van der Waals surface area contributed by atoms with Crippen LogP contribution in [0.4, 0.5) is 0 Å². The van der Waals surface area contributed by atoms with Crippen molar-refractivity contribution in [2.24, 2.45) is 0 Å². The molecular weight excluding hydrogens is 344 g/mol. The first-order chi connectivity index (χ1) is 10.6. The zero-order chi connectivity index (χ0) is 15.9. The average molecular weight is 369 g/mol. The minimum Gasteiger partial charge on any atom is -0.480 e. The van der Waals surface area contributed by atoms with Crippen molar-refractivity contribution < 1.29 is 9.90 Å². The fourth-order valence-corrected chi connectivity index (χ4v) is 3.39. The maximum absolute atomic E-state index is 11.2. The Morgan fingerprint density at radius 2 is 2.09 bits per heavy atom. The predicted octanol–water partition coefficient (Wildman–Crippen LogP) is 3.26. The minimum atomic E-state index is -0.725. The average Bonchev–Trinajstić information content (AvgIpc) is 2.51. The van der Waals surface area contributed by atoms with Crippen molar-refractivity contribution in [1.82, 2.24) is 10.2 Å². The molecule has 0 radical (unpaired) electrons. The lowest BCUT2D eigenvalue weighted by Gasteiger charge is -2.34. The molecule has 0 amide bonds. The second kappa shape index (κ2) is 8.65. The summed E-state index contributed by atoms with van der Waals surface area (Å²) >= 11 is 3.60. The fraction of sp³-hybridized carbons (Fsp3) is 0.588. The molecule has 1 aromatic rings. The highest BCUT2D eigenvalue weighted by molar-refractivity contribution is 9.10. The van der Waals surface area contributed by atoms with Gasteiger partial charge in [-0.1, -0.05) is 47.5 Å². The van der Waals surface area contributed by atoms with E-state index in [1.807, 2.05) is 13.0 Å². The second-order valence-corrected chi connectivity index (χ2v) is 6.84. The van der Waals surface area contributed by atoms with Crippen molar-refractivity contribution in [2.45, 2.75) is 51.2 Å². The summed E-state index contributed by atoms with van der Waals surface area (Å²) in [5.74, 6) is -0.725. The van der Waals surface area contributed by atoms with Crippen LogP contribution < -0.4 is 5.32 Å². The summed E-state index contributed by atoms with van der Waals surface area (Å²) in [5, 5.41) is 12.6. The number of carboxylic acids is 1. The SMILES string of the molecule is CCCC(NC1CCN(Cc2ccccc2Br)CC1)C(=O)O. The topological polar surface area (TPSA) is 52.6 Å². The lowest BCUT2D eigenvalue weighted by molar-refractivity contribution is -0.140. The third-order valence-corrected chi connectivity index (χ3v) is 5.03. The first-order valence-electron chi connectivity index (χ1n) is 8.04. The molecule has 4 nitrogen and oxygen atoms in total. The molecule has 1 aromatic carbocycles. The van der Waals surface area contributed by atoms with Gasteiger partial charge < -0.3 is 10.4 Å². The molecule has 1 saturated heterocycles. The fourth-order valence-electron chi connectivity index (χ4n) is 2.98. The van der Waals surface area contributed by atoms with Crippen molar-refractivity contribution in [2.75, 3.05) is 13.1 Å². The van der Waals surface area contributed by atoms with Gasteiger partial charge in [0.05, 0.1) is 0 Å². The van der Waals surface area contributed by atoms with Gasteiger partial charge in [0.2, 0.25) is 0 Å². The van der Waals surface area contributed by atoms with E-state index in [0.29, 0.717) is 12.5 Å². The summed E-state index contributed by atoms with van der Waals surface area (Å²) in [5.41, 5.74) is 1.31. The number of piperidine rings is 1. The third kappa shape index (κ3) is 5.07. The largest absolute Gasteiger partial charge is 0.480 e. The number of halogens is 1. The molecule has 1 heterocycles. The monoisotopic (exact) mass is 368 g/mol. The molecule has 0 saturated carbocycles. The van der Waals surface area contributed by atoms with Crippen molar-refractivity contribution in [3.63, 3.8) is 0 Å². The van der Waals surface area contributed by atoms with E-state index >= 15 is 0 Å².